The van der Waals surface area contributed by atoms with Gasteiger partial charge in [0.05, 0.1) is 5.69 Å². The predicted octanol–water partition coefficient (Wildman–Crippen LogP) is 2.62. The highest BCUT2D eigenvalue weighted by Crippen LogP contribution is 2.34. The van der Waals surface area contributed by atoms with Gasteiger partial charge in [-0.15, -0.1) is 0 Å². The molecule has 0 bridgehead atoms. The van der Waals surface area contributed by atoms with Crippen molar-refractivity contribution in [2.24, 2.45) is 5.73 Å². The van der Waals surface area contributed by atoms with Crippen molar-refractivity contribution >= 4 is 29.1 Å². The summed E-state index contributed by atoms with van der Waals surface area (Å²) in [5.41, 5.74) is 6.60. The Hall–Kier alpha value is -0.800. The minimum Gasteiger partial charge on any atom is -0.385 e. The van der Waals surface area contributed by atoms with Crippen LogP contribution in [0.3, 0.4) is 0 Å². The molecule has 3 N–H and O–H groups in total. The van der Waals surface area contributed by atoms with E-state index in [1.807, 2.05) is 23.6 Å². The zero-order chi connectivity index (χ0) is 8.55. The first-order chi connectivity index (χ1) is 5.75. The van der Waals surface area contributed by atoms with Gasteiger partial charge in [-0.25, -0.2) is 0 Å². The summed E-state index contributed by atoms with van der Waals surface area (Å²) in [6.07, 6.45) is 0. The van der Waals surface area contributed by atoms with Crippen molar-refractivity contribution in [3.8, 4) is 0 Å². The minimum atomic E-state index is 0.676. The number of thioether (sulfide) groups is 1. The molecule has 62 valence electrons. The van der Waals surface area contributed by atoms with Crippen LogP contribution in [0.25, 0.3) is 0 Å². The molecule has 0 spiro atoms. The molecular formula is C8H7ClN2S. The van der Waals surface area contributed by atoms with Crippen LogP contribution in [0.5, 0.6) is 0 Å². The Labute approximate surface area is 79.8 Å². The second kappa shape index (κ2) is 2.92. The zero-order valence-electron chi connectivity index (χ0n) is 6.17. The molecule has 0 radical (unpaired) electrons. The number of nitrogens with two attached hydrogens (primary N) is 1. The van der Waals surface area contributed by atoms with Gasteiger partial charge in [-0.1, -0.05) is 23.4 Å². The summed E-state index contributed by atoms with van der Waals surface area (Å²) in [5.74, 6) is 0.676. The van der Waals surface area contributed by atoms with Crippen LogP contribution in [0.15, 0.2) is 34.3 Å². The van der Waals surface area contributed by atoms with Gasteiger partial charge in [-0.2, -0.15) is 0 Å². The molecule has 0 unspecified atom stereocenters. The van der Waals surface area contributed by atoms with Gasteiger partial charge in [0.1, 0.15) is 5.82 Å². The molecule has 1 aliphatic rings. The fraction of sp³-hybridized carbons (Fsp3) is 0. The maximum Gasteiger partial charge on any atom is 0.107 e. The van der Waals surface area contributed by atoms with Crippen LogP contribution in [0.4, 0.5) is 5.69 Å². The standard InChI is InChI=1S/C8H7ClN2S/c9-5-1-2-6-7(3-5)12-4-8(10)11-6/h1-4,11H,10H2. The van der Waals surface area contributed by atoms with Gasteiger partial charge >= 0.3 is 0 Å². The van der Waals surface area contributed by atoms with E-state index in [1.54, 1.807) is 11.8 Å². The van der Waals surface area contributed by atoms with E-state index >= 15 is 0 Å². The largest absolute Gasteiger partial charge is 0.385 e. The summed E-state index contributed by atoms with van der Waals surface area (Å²) in [6.45, 7) is 0. The van der Waals surface area contributed by atoms with Crippen molar-refractivity contribution < 1.29 is 0 Å². The van der Waals surface area contributed by atoms with Crippen molar-refractivity contribution in [2.75, 3.05) is 5.32 Å². The molecule has 0 saturated heterocycles. The lowest BCUT2D eigenvalue weighted by atomic mass is 10.3. The van der Waals surface area contributed by atoms with Gasteiger partial charge in [0.25, 0.3) is 0 Å². The second-order valence-electron chi connectivity index (χ2n) is 2.46. The molecule has 1 aliphatic heterocycles. The number of halogens is 1. The van der Waals surface area contributed by atoms with Crippen molar-refractivity contribution in [3.05, 3.63) is 34.5 Å². The third-order valence-corrected chi connectivity index (χ3v) is 2.73. The first-order valence-corrected chi connectivity index (χ1v) is 4.70. The Morgan fingerprint density at radius 3 is 3.08 bits per heavy atom. The lowest BCUT2D eigenvalue weighted by Crippen LogP contribution is -2.11. The van der Waals surface area contributed by atoms with E-state index < -0.39 is 0 Å². The van der Waals surface area contributed by atoms with Crippen molar-refractivity contribution in [1.82, 2.24) is 0 Å². The number of benzene rings is 1. The monoisotopic (exact) mass is 198 g/mol. The summed E-state index contributed by atoms with van der Waals surface area (Å²) < 4.78 is 0. The molecule has 0 aromatic heterocycles. The molecule has 1 heterocycles. The summed E-state index contributed by atoms with van der Waals surface area (Å²) >= 11 is 7.40. The average Bonchev–Trinajstić information content (AvgIpc) is 2.05. The summed E-state index contributed by atoms with van der Waals surface area (Å²) in [7, 11) is 0. The molecule has 2 rings (SSSR count). The lowest BCUT2D eigenvalue weighted by molar-refractivity contribution is 1.27. The predicted molar refractivity (Wildman–Crippen MR) is 53.2 cm³/mol. The van der Waals surface area contributed by atoms with Crippen LogP contribution in [-0.2, 0) is 0 Å². The van der Waals surface area contributed by atoms with Crippen molar-refractivity contribution in [1.29, 1.82) is 0 Å². The quantitative estimate of drug-likeness (QED) is 0.673. The molecule has 0 saturated carbocycles. The second-order valence-corrected chi connectivity index (χ2v) is 3.80. The molecule has 1 aromatic rings. The zero-order valence-corrected chi connectivity index (χ0v) is 7.75. The molecule has 4 heteroatoms. The highest BCUT2D eigenvalue weighted by molar-refractivity contribution is 8.02. The maximum absolute atomic E-state index is 5.82. The van der Waals surface area contributed by atoms with Crippen LogP contribution >= 0.6 is 23.4 Å². The number of rotatable bonds is 0. The van der Waals surface area contributed by atoms with Crippen LogP contribution in [-0.4, -0.2) is 0 Å². The van der Waals surface area contributed by atoms with Gasteiger partial charge < -0.3 is 11.1 Å². The highest BCUT2D eigenvalue weighted by Gasteiger charge is 2.08. The summed E-state index contributed by atoms with van der Waals surface area (Å²) in [6, 6.07) is 5.68. The Morgan fingerprint density at radius 1 is 1.42 bits per heavy atom. The minimum absolute atomic E-state index is 0.676. The van der Waals surface area contributed by atoms with E-state index in [9.17, 15) is 0 Å². The van der Waals surface area contributed by atoms with Gasteiger partial charge in [0.2, 0.25) is 0 Å². The Kier molecular flexibility index (Phi) is 1.90. The topological polar surface area (TPSA) is 38.0 Å². The summed E-state index contributed by atoms with van der Waals surface area (Å²) in [5, 5.41) is 5.65. The molecule has 12 heavy (non-hydrogen) atoms. The van der Waals surface area contributed by atoms with Crippen molar-refractivity contribution in [3.63, 3.8) is 0 Å². The van der Waals surface area contributed by atoms with E-state index in [4.69, 9.17) is 17.3 Å². The third kappa shape index (κ3) is 1.38. The SMILES string of the molecule is NC1=CSc2cc(Cl)ccc2N1. The van der Waals surface area contributed by atoms with E-state index in [-0.39, 0.29) is 0 Å². The van der Waals surface area contributed by atoms with Crippen LogP contribution < -0.4 is 11.1 Å². The third-order valence-electron chi connectivity index (χ3n) is 1.54. The number of anilines is 1. The van der Waals surface area contributed by atoms with E-state index in [2.05, 4.69) is 5.32 Å². The number of nitrogens with one attached hydrogen (secondary N) is 1. The average molecular weight is 199 g/mol. The maximum atomic E-state index is 5.82. The van der Waals surface area contributed by atoms with Gasteiger partial charge in [0, 0.05) is 15.3 Å². The van der Waals surface area contributed by atoms with Crippen LogP contribution in [0.2, 0.25) is 5.02 Å². The number of fused-ring (bicyclic) bond motifs is 1. The molecule has 0 atom stereocenters. The van der Waals surface area contributed by atoms with Gasteiger partial charge in [-0.3, -0.25) is 0 Å². The molecular weight excluding hydrogens is 192 g/mol. The van der Waals surface area contributed by atoms with Crippen LogP contribution in [0, 0.1) is 0 Å². The van der Waals surface area contributed by atoms with Gasteiger partial charge in [0.15, 0.2) is 0 Å². The number of hydrogen-bond acceptors (Lipinski definition) is 3. The molecule has 0 fully saturated rings. The van der Waals surface area contributed by atoms with E-state index in [0.29, 0.717) is 5.82 Å². The Bertz CT molecular complexity index is 349. The molecule has 0 aliphatic carbocycles. The normalized spacial score (nSPS) is 14.6. The smallest absolute Gasteiger partial charge is 0.107 e. The van der Waals surface area contributed by atoms with Crippen molar-refractivity contribution in [2.45, 2.75) is 4.90 Å². The highest BCUT2D eigenvalue weighted by atomic mass is 35.5. The fourth-order valence-electron chi connectivity index (χ4n) is 1.01. The summed E-state index contributed by atoms with van der Waals surface area (Å²) in [4.78, 5) is 1.11. The first kappa shape index (κ1) is 7.83. The Balaban J connectivity index is 2.43. The first-order valence-electron chi connectivity index (χ1n) is 3.44. The molecule has 2 nitrogen and oxygen atoms in total. The fourth-order valence-corrected chi connectivity index (χ4v) is 2.00. The van der Waals surface area contributed by atoms with Gasteiger partial charge in [-0.05, 0) is 18.2 Å². The molecule has 1 aromatic carbocycles. The lowest BCUT2D eigenvalue weighted by Gasteiger charge is -2.15. The van der Waals surface area contributed by atoms with E-state index in [0.717, 1.165) is 15.6 Å². The Morgan fingerprint density at radius 2 is 2.25 bits per heavy atom. The molecule has 0 amide bonds. The van der Waals surface area contributed by atoms with Crippen LogP contribution in [0.1, 0.15) is 0 Å². The van der Waals surface area contributed by atoms with E-state index in [1.165, 1.54) is 0 Å². The number of hydrogen-bond donors (Lipinski definition) is 2.